The Hall–Kier alpha value is -1.87. The van der Waals surface area contributed by atoms with Gasteiger partial charge in [-0.3, -0.25) is 4.98 Å². The number of pyridine rings is 1. The molecule has 3 nitrogen and oxygen atoms in total. The highest BCUT2D eigenvalue weighted by Gasteiger charge is 2.22. The number of hydrogen-bond acceptors (Lipinski definition) is 3. The molecule has 0 bridgehead atoms. The summed E-state index contributed by atoms with van der Waals surface area (Å²) in [6.07, 6.45) is 8.06. The average molecular weight is 242 g/mol. The molecule has 1 aliphatic rings. The van der Waals surface area contributed by atoms with Crippen LogP contribution in [0.4, 0.5) is 0 Å². The molecular formula is C15H18N2O. The molecule has 0 saturated heterocycles. The normalized spacial score (nSPS) is 18.6. The van der Waals surface area contributed by atoms with Crippen LogP contribution in [0.1, 0.15) is 5.56 Å². The highest BCUT2D eigenvalue weighted by atomic mass is 16.5. The zero-order chi connectivity index (χ0) is 13.0. The SMILES string of the molecule is C=CC1=C(C=C)C(CNC)Cc2ccncc2O1. The average Bonchev–Trinajstić information content (AvgIpc) is 2.54. The minimum atomic E-state index is 0.337. The maximum Gasteiger partial charge on any atom is 0.148 e. The first-order valence-electron chi connectivity index (χ1n) is 6.04. The first-order valence-corrected chi connectivity index (χ1v) is 6.04. The number of allylic oxidation sites excluding steroid dienone is 2. The maximum absolute atomic E-state index is 5.89. The van der Waals surface area contributed by atoms with Crippen LogP contribution in [0.25, 0.3) is 0 Å². The van der Waals surface area contributed by atoms with E-state index >= 15 is 0 Å². The van der Waals surface area contributed by atoms with Crippen molar-refractivity contribution >= 4 is 0 Å². The number of fused-ring (bicyclic) bond motifs is 1. The van der Waals surface area contributed by atoms with E-state index in [4.69, 9.17) is 4.74 Å². The Balaban J connectivity index is 2.47. The lowest BCUT2D eigenvalue weighted by molar-refractivity contribution is 0.436. The minimum Gasteiger partial charge on any atom is -0.455 e. The van der Waals surface area contributed by atoms with Gasteiger partial charge in [-0.25, -0.2) is 0 Å². The van der Waals surface area contributed by atoms with Crippen molar-refractivity contribution in [3.63, 3.8) is 0 Å². The summed E-state index contributed by atoms with van der Waals surface area (Å²) in [5.74, 6) is 1.92. The van der Waals surface area contributed by atoms with Crippen LogP contribution in [-0.4, -0.2) is 18.6 Å². The molecule has 2 heterocycles. The van der Waals surface area contributed by atoms with Gasteiger partial charge in [-0.05, 0) is 36.7 Å². The summed E-state index contributed by atoms with van der Waals surface area (Å²) >= 11 is 0. The van der Waals surface area contributed by atoms with E-state index in [1.165, 1.54) is 5.56 Å². The topological polar surface area (TPSA) is 34.2 Å². The molecule has 1 unspecified atom stereocenters. The van der Waals surface area contributed by atoms with Gasteiger partial charge in [0, 0.05) is 18.7 Å². The lowest BCUT2D eigenvalue weighted by atomic mass is 9.91. The fourth-order valence-electron chi connectivity index (χ4n) is 2.28. The Morgan fingerprint density at radius 1 is 1.50 bits per heavy atom. The van der Waals surface area contributed by atoms with E-state index in [1.807, 2.05) is 19.2 Å². The lowest BCUT2D eigenvalue weighted by Crippen LogP contribution is -2.22. The smallest absolute Gasteiger partial charge is 0.148 e. The van der Waals surface area contributed by atoms with E-state index in [1.54, 1.807) is 18.5 Å². The molecule has 1 N–H and O–H groups in total. The second kappa shape index (κ2) is 5.65. The molecule has 1 aromatic rings. The summed E-state index contributed by atoms with van der Waals surface area (Å²) in [6, 6.07) is 2.00. The summed E-state index contributed by atoms with van der Waals surface area (Å²) in [5.41, 5.74) is 2.26. The third-order valence-electron chi connectivity index (χ3n) is 3.14. The van der Waals surface area contributed by atoms with Gasteiger partial charge in [0.15, 0.2) is 0 Å². The van der Waals surface area contributed by atoms with Gasteiger partial charge >= 0.3 is 0 Å². The summed E-state index contributed by atoms with van der Waals surface area (Å²) < 4.78 is 5.89. The molecule has 1 aromatic heterocycles. The highest BCUT2D eigenvalue weighted by Crippen LogP contribution is 2.32. The number of hydrogen-bond donors (Lipinski definition) is 1. The molecule has 0 radical (unpaired) electrons. The van der Waals surface area contributed by atoms with E-state index in [-0.39, 0.29) is 0 Å². The molecule has 2 rings (SSSR count). The zero-order valence-corrected chi connectivity index (χ0v) is 10.6. The van der Waals surface area contributed by atoms with Crippen LogP contribution < -0.4 is 10.1 Å². The maximum atomic E-state index is 5.89. The van der Waals surface area contributed by atoms with E-state index in [0.717, 1.165) is 30.0 Å². The van der Waals surface area contributed by atoms with Gasteiger partial charge in [0.1, 0.15) is 11.5 Å². The summed E-state index contributed by atoms with van der Waals surface area (Å²) in [5, 5.41) is 3.22. The highest BCUT2D eigenvalue weighted by molar-refractivity contribution is 5.41. The van der Waals surface area contributed by atoms with Crippen molar-refractivity contribution in [2.75, 3.05) is 13.6 Å². The van der Waals surface area contributed by atoms with Crippen LogP contribution in [0.5, 0.6) is 5.75 Å². The molecule has 0 aliphatic carbocycles. The monoisotopic (exact) mass is 242 g/mol. The summed E-state index contributed by atoms with van der Waals surface area (Å²) in [6.45, 7) is 8.59. The van der Waals surface area contributed by atoms with Crippen molar-refractivity contribution in [3.05, 3.63) is 60.7 Å². The number of rotatable bonds is 4. The van der Waals surface area contributed by atoms with Crippen LogP contribution in [0.2, 0.25) is 0 Å². The quantitative estimate of drug-likeness (QED) is 0.880. The van der Waals surface area contributed by atoms with Crippen molar-refractivity contribution in [3.8, 4) is 5.75 Å². The Morgan fingerprint density at radius 2 is 2.33 bits per heavy atom. The van der Waals surface area contributed by atoms with Crippen LogP contribution in [0, 0.1) is 5.92 Å². The van der Waals surface area contributed by atoms with Gasteiger partial charge < -0.3 is 10.1 Å². The van der Waals surface area contributed by atoms with Gasteiger partial charge in [0.2, 0.25) is 0 Å². The van der Waals surface area contributed by atoms with Gasteiger partial charge in [0.05, 0.1) is 6.20 Å². The molecule has 3 heteroatoms. The van der Waals surface area contributed by atoms with Gasteiger partial charge in [-0.1, -0.05) is 19.2 Å². The van der Waals surface area contributed by atoms with E-state index in [9.17, 15) is 0 Å². The molecule has 0 aromatic carbocycles. The van der Waals surface area contributed by atoms with Gasteiger partial charge in [0.25, 0.3) is 0 Å². The second-order valence-electron chi connectivity index (χ2n) is 4.27. The Bertz CT molecular complexity index is 491. The number of aromatic nitrogens is 1. The van der Waals surface area contributed by atoms with Crippen molar-refractivity contribution < 1.29 is 4.74 Å². The second-order valence-corrected chi connectivity index (χ2v) is 4.27. The van der Waals surface area contributed by atoms with E-state index in [2.05, 4.69) is 23.5 Å². The first kappa shape index (κ1) is 12.6. The van der Waals surface area contributed by atoms with Gasteiger partial charge in [-0.15, -0.1) is 0 Å². The summed E-state index contributed by atoms with van der Waals surface area (Å²) in [7, 11) is 1.95. The molecule has 18 heavy (non-hydrogen) atoms. The number of ether oxygens (including phenoxy) is 1. The van der Waals surface area contributed by atoms with E-state index < -0.39 is 0 Å². The van der Waals surface area contributed by atoms with Crippen LogP contribution in [0.15, 0.2) is 55.1 Å². The lowest BCUT2D eigenvalue weighted by Gasteiger charge is -2.16. The summed E-state index contributed by atoms with van der Waals surface area (Å²) in [4.78, 5) is 4.11. The van der Waals surface area contributed by atoms with Crippen LogP contribution in [0.3, 0.4) is 0 Å². The van der Waals surface area contributed by atoms with Crippen LogP contribution >= 0.6 is 0 Å². The fourth-order valence-corrected chi connectivity index (χ4v) is 2.28. The molecule has 1 atom stereocenters. The van der Waals surface area contributed by atoms with Crippen LogP contribution in [-0.2, 0) is 6.42 Å². The molecule has 1 aliphatic heterocycles. The molecule has 94 valence electrons. The predicted molar refractivity (Wildman–Crippen MR) is 73.4 cm³/mol. The van der Waals surface area contributed by atoms with E-state index in [0.29, 0.717) is 5.92 Å². The Kier molecular flexibility index (Phi) is 3.95. The number of nitrogens with zero attached hydrogens (tertiary/aromatic N) is 1. The Morgan fingerprint density at radius 3 is 3.00 bits per heavy atom. The number of nitrogens with one attached hydrogen (secondary N) is 1. The van der Waals surface area contributed by atoms with Crippen molar-refractivity contribution in [2.45, 2.75) is 6.42 Å². The largest absolute Gasteiger partial charge is 0.455 e. The Labute approximate surface area is 108 Å². The predicted octanol–water partition coefficient (Wildman–Crippen LogP) is 2.48. The van der Waals surface area contributed by atoms with Crippen molar-refractivity contribution in [1.82, 2.24) is 10.3 Å². The van der Waals surface area contributed by atoms with Gasteiger partial charge in [-0.2, -0.15) is 0 Å². The molecule has 0 fully saturated rings. The standard InChI is InChI=1S/C15H18N2O/c1-4-13-12(9-16-3)8-11-6-7-17-10-15(11)18-14(13)5-2/h4-7,10,12,16H,1-2,8-9H2,3H3. The first-order chi connectivity index (χ1) is 8.80. The van der Waals surface area contributed by atoms with Crippen molar-refractivity contribution in [2.24, 2.45) is 5.92 Å². The molecule has 0 saturated carbocycles. The molecular weight excluding hydrogens is 224 g/mol. The van der Waals surface area contributed by atoms with Crippen molar-refractivity contribution in [1.29, 1.82) is 0 Å². The zero-order valence-electron chi connectivity index (χ0n) is 10.6. The third-order valence-corrected chi connectivity index (χ3v) is 3.14. The molecule has 0 amide bonds. The molecule has 0 spiro atoms. The third kappa shape index (κ3) is 2.36. The minimum absolute atomic E-state index is 0.337. The fraction of sp³-hybridized carbons (Fsp3) is 0.267.